The lowest BCUT2D eigenvalue weighted by atomic mass is 9.87. The van der Waals surface area contributed by atoms with Crippen molar-refractivity contribution < 1.29 is 9.53 Å². The number of hydrogen-bond donors (Lipinski definition) is 1. The van der Waals surface area contributed by atoms with Gasteiger partial charge >= 0.3 is 0 Å². The van der Waals surface area contributed by atoms with Gasteiger partial charge in [-0.1, -0.05) is 24.3 Å². The zero-order valence-corrected chi connectivity index (χ0v) is 12.4. The lowest BCUT2D eigenvalue weighted by Crippen LogP contribution is -2.36. The first-order valence-corrected chi connectivity index (χ1v) is 7.68. The minimum atomic E-state index is -0.0408. The maximum Gasteiger partial charge on any atom is 0.251 e. The molecule has 1 aromatic heterocycles. The number of ether oxygens (including phenoxy) is 1. The molecule has 1 atom stereocenters. The van der Waals surface area contributed by atoms with E-state index in [0.29, 0.717) is 11.5 Å². The Kier molecular flexibility index (Phi) is 4.81. The summed E-state index contributed by atoms with van der Waals surface area (Å²) < 4.78 is 5.45. The third-order valence-electron chi connectivity index (χ3n) is 4.10. The van der Waals surface area contributed by atoms with Gasteiger partial charge < -0.3 is 10.1 Å². The van der Waals surface area contributed by atoms with Gasteiger partial charge in [-0.05, 0) is 42.5 Å². The van der Waals surface area contributed by atoms with Crippen LogP contribution in [-0.4, -0.2) is 24.1 Å². The predicted octanol–water partition coefficient (Wildman–Crippen LogP) is 2.98. The van der Waals surface area contributed by atoms with E-state index in [1.165, 1.54) is 0 Å². The molecule has 1 unspecified atom stereocenters. The van der Waals surface area contributed by atoms with Gasteiger partial charge in [0.1, 0.15) is 0 Å². The molecule has 4 heteroatoms. The van der Waals surface area contributed by atoms with E-state index in [4.69, 9.17) is 4.74 Å². The van der Waals surface area contributed by atoms with Gasteiger partial charge in [-0.15, -0.1) is 0 Å². The summed E-state index contributed by atoms with van der Waals surface area (Å²) in [7, 11) is 0. The number of benzene rings is 1. The first-order valence-electron chi connectivity index (χ1n) is 7.68. The summed E-state index contributed by atoms with van der Waals surface area (Å²) in [6.45, 7) is 1.51. The van der Waals surface area contributed by atoms with Crippen LogP contribution in [-0.2, 0) is 4.74 Å². The van der Waals surface area contributed by atoms with E-state index in [1.807, 2.05) is 48.7 Å². The Morgan fingerprint density at radius 3 is 2.59 bits per heavy atom. The van der Waals surface area contributed by atoms with Crippen molar-refractivity contribution in [1.29, 1.82) is 0 Å². The molecule has 1 aliphatic rings. The molecule has 1 aromatic carbocycles. The Bertz CT molecular complexity index is 595. The van der Waals surface area contributed by atoms with Crippen LogP contribution >= 0.6 is 0 Å². The van der Waals surface area contributed by atoms with Gasteiger partial charge in [-0.2, -0.15) is 0 Å². The van der Waals surface area contributed by atoms with Crippen molar-refractivity contribution in [2.45, 2.75) is 18.9 Å². The molecule has 2 aromatic rings. The fourth-order valence-electron chi connectivity index (χ4n) is 2.90. The second-order valence-corrected chi connectivity index (χ2v) is 5.55. The van der Waals surface area contributed by atoms with Crippen molar-refractivity contribution in [3.05, 3.63) is 66.0 Å². The molecular weight excluding hydrogens is 276 g/mol. The van der Waals surface area contributed by atoms with Crippen LogP contribution < -0.4 is 5.32 Å². The van der Waals surface area contributed by atoms with Crippen LogP contribution in [0.4, 0.5) is 0 Å². The number of rotatable bonds is 4. The summed E-state index contributed by atoms with van der Waals surface area (Å²) in [5.74, 6) is 0.339. The van der Waals surface area contributed by atoms with Crippen molar-refractivity contribution in [1.82, 2.24) is 10.3 Å². The number of nitrogens with one attached hydrogen (secondary N) is 1. The number of carbonyl (C=O) groups is 1. The van der Waals surface area contributed by atoms with Crippen LogP contribution in [0.25, 0.3) is 0 Å². The minimum absolute atomic E-state index is 0.0229. The van der Waals surface area contributed by atoms with Gasteiger partial charge in [0, 0.05) is 31.2 Å². The highest BCUT2D eigenvalue weighted by Gasteiger charge is 2.27. The molecule has 1 N–H and O–H groups in total. The van der Waals surface area contributed by atoms with E-state index in [-0.39, 0.29) is 11.9 Å². The Hall–Kier alpha value is -2.20. The summed E-state index contributed by atoms with van der Waals surface area (Å²) in [5.41, 5.74) is 1.74. The highest BCUT2D eigenvalue weighted by atomic mass is 16.5. The lowest BCUT2D eigenvalue weighted by molar-refractivity contribution is 0.0513. The Balaban J connectivity index is 1.81. The fraction of sp³-hybridized carbons (Fsp3) is 0.333. The lowest BCUT2D eigenvalue weighted by Gasteiger charge is -2.31. The van der Waals surface area contributed by atoms with E-state index >= 15 is 0 Å². The average molecular weight is 296 g/mol. The summed E-state index contributed by atoms with van der Waals surface area (Å²) in [5, 5.41) is 3.18. The van der Waals surface area contributed by atoms with E-state index in [0.717, 1.165) is 31.6 Å². The van der Waals surface area contributed by atoms with Crippen LogP contribution in [0.2, 0.25) is 0 Å². The standard InChI is InChI=1S/C18H20N2O2/c21-18(15-5-2-1-3-6-15)20-17(14-8-11-22-12-9-14)16-7-4-10-19-13-16/h1-7,10,13-14,17H,8-9,11-12H2,(H,20,21). The molecule has 1 saturated heterocycles. The fourth-order valence-corrected chi connectivity index (χ4v) is 2.90. The molecule has 0 radical (unpaired) electrons. The molecule has 1 amide bonds. The first-order chi connectivity index (χ1) is 10.8. The Morgan fingerprint density at radius 1 is 1.14 bits per heavy atom. The quantitative estimate of drug-likeness (QED) is 0.943. The monoisotopic (exact) mass is 296 g/mol. The van der Waals surface area contributed by atoms with Crippen molar-refractivity contribution in [2.75, 3.05) is 13.2 Å². The number of pyridine rings is 1. The number of nitrogens with zero attached hydrogens (tertiary/aromatic N) is 1. The third-order valence-corrected chi connectivity index (χ3v) is 4.10. The molecule has 0 spiro atoms. The molecule has 4 nitrogen and oxygen atoms in total. The van der Waals surface area contributed by atoms with Crippen molar-refractivity contribution >= 4 is 5.91 Å². The van der Waals surface area contributed by atoms with Gasteiger partial charge in [-0.3, -0.25) is 9.78 Å². The highest BCUT2D eigenvalue weighted by molar-refractivity contribution is 5.94. The molecule has 22 heavy (non-hydrogen) atoms. The maximum atomic E-state index is 12.5. The van der Waals surface area contributed by atoms with E-state index in [1.54, 1.807) is 6.20 Å². The minimum Gasteiger partial charge on any atom is -0.381 e. The molecule has 0 bridgehead atoms. The van der Waals surface area contributed by atoms with Crippen LogP contribution in [0.5, 0.6) is 0 Å². The van der Waals surface area contributed by atoms with Gasteiger partial charge in [-0.25, -0.2) is 0 Å². The van der Waals surface area contributed by atoms with E-state index < -0.39 is 0 Å². The van der Waals surface area contributed by atoms with Gasteiger partial charge in [0.05, 0.1) is 6.04 Å². The van der Waals surface area contributed by atoms with E-state index in [2.05, 4.69) is 10.3 Å². The SMILES string of the molecule is O=C(NC(c1cccnc1)C1CCOCC1)c1ccccc1. The number of carbonyl (C=O) groups excluding carboxylic acids is 1. The largest absolute Gasteiger partial charge is 0.381 e. The Labute approximate surface area is 130 Å². The van der Waals surface area contributed by atoms with Crippen LogP contribution in [0.3, 0.4) is 0 Å². The molecule has 114 valence electrons. The third kappa shape index (κ3) is 3.52. The van der Waals surface area contributed by atoms with Crippen LogP contribution in [0.15, 0.2) is 54.9 Å². The second kappa shape index (κ2) is 7.18. The zero-order valence-electron chi connectivity index (χ0n) is 12.4. The molecular formula is C18H20N2O2. The number of amides is 1. The summed E-state index contributed by atoms with van der Waals surface area (Å²) in [6, 6.07) is 13.2. The first kappa shape index (κ1) is 14.7. The van der Waals surface area contributed by atoms with E-state index in [9.17, 15) is 4.79 Å². The summed E-state index contributed by atoms with van der Waals surface area (Å²) >= 11 is 0. The summed E-state index contributed by atoms with van der Waals surface area (Å²) in [4.78, 5) is 16.7. The zero-order chi connectivity index (χ0) is 15.2. The molecule has 2 heterocycles. The summed E-state index contributed by atoms with van der Waals surface area (Å²) in [6.07, 6.45) is 5.50. The van der Waals surface area contributed by atoms with Crippen LogP contribution in [0.1, 0.15) is 34.8 Å². The van der Waals surface area contributed by atoms with Crippen molar-refractivity contribution in [3.63, 3.8) is 0 Å². The van der Waals surface area contributed by atoms with Gasteiger partial charge in [0.25, 0.3) is 5.91 Å². The molecule has 0 saturated carbocycles. The Morgan fingerprint density at radius 2 is 1.91 bits per heavy atom. The highest BCUT2D eigenvalue weighted by Crippen LogP contribution is 2.30. The molecule has 0 aliphatic carbocycles. The van der Waals surface area contributed by atoms with Gasteiger partial charge in [0.15, 0.2) is 0 Å². The van der Waals surface area contributed by atoms with Crippen molar-refractivity contribution in [2.24, 2.45) is 5.92 Å². The normalized spacial score (nSPS) is 16.9. The second-order valence-electron chi connectivity index (χ2n) is 5.55. The number of hydrogen-bond acceptors (Lipinski definition) is 3. The predicted molar refractivity (Wildman–Crippen MR) is 84.4 cm³/mol. The van der Waals surface area contributed by atoms with Gasteiger partial charge in [0.2, 0.25) is 0 Å². The maximum absolute atomic E-state index is 12.5. The molecule has 1 fully saturated rings. The topological polar surface area (TPSA) is 51.2 Å². The number of aromatic nitrogens is 1. The molecule has 3 rings (SSSR count). The molecule has 1 aliphatic heterocycles. The van der Waals surface area contributed by atoms with Crippen molar-refractivity contribution in [3.8, 4) is 0 Å². The smallest absolute Gasteiger partial charge is 0.251 e. The van der Waals surface area contributed by atoms with Crippen LogP contribution in [0, 0.1) is 5.92 Å². The average Bonchev–Trinajstić information content (AvgIpc) is 2.62.